The van der Waals surface area contributed by atoms with E-state index in [9.17, 15) is 22.4 Å². The topological polar surface area (TPSA) is 64.3 Å². The van der Waals surface area contributed by atoms with Gasteiger partial charge < -0.3 is 10.0 Å². The SMILES string of the molecule is N#Cc1cc(F)ccc1N1CCC(C(=O)O)(C(F)(F)F)C1. The molecular weight excluding hydrogens is 292 g/mol. The van der Waals surface area contributed by atoms with Gasteiger partial charge in [-0.15, -0.1) is 0 Å². The third kappa shape index (κ3) is 2.39. The van der Waals surface area contributed by atoms with Crippen LogP contribution in [0.1, 0.15) is 12.0 Å². The molecule has 1 aromatic rings. The molecule has 2 rings (SSSR count). The number of carboxylic acid groups (broad SMARTS) is 1. The number of rotatable bonds is 2. The van der Waals surface area contributed by atoms with Crippen LogP contribution in [-0.4, -0.2) is 30.3 Å². The Bertz CT molecular complexity index is 624. The van der Waals surface area contributed by atoms with Gasteiger partial charge in [-0.1, -0.05) is 0 Å². The van der Waals surface area contributed by atoms with Crippen molar-refractivity contribution >= 4 is 11.7 Å². The molecule has 0 spiro atoms. The van der Waals surface area contributed by atoms with Crippen molar-refractivity contribution in [1.29, 1.82) is 5.26 Å². The molecule has 4 nitrogen and oxygen atoms in total. The lowest BCUT2D eigenvalue weighted by Crippen LogP contribution is -2.47. The van der Waals surface area contributed by atoms with Crippen molar-refractivity contribution < 1.29 is 27.5 Å². The summed E-state index contributed by atoms with van der Waals surface area (Å²) in [6, 6.07) is 4.81. The molecule has 1 atom stereocenters. The van der Waals surface area contributed by atoms with Gasteiger partial charge in [-0.25, -0.2) is 4.39 Å². The van der Waals surface area contributed by atoms with E-state index in [1.807, 2.05) is 0 Å². The molecule has 1 fully saturated rings. The highest BCUT2D eigenvalue weighted by Crippen LogP contribution is 2.47. The maximum Gasteiger partial charge on any atom is 0.406 e. The van der Waals surface area contributed by atoms with Crippen LogP contribution in [0, 0.1) is 22.6 Å². The molecule has 0 bridgehead atoms. The second-order valence-corrected chi connectivity index (χ2v) is 4.83. The van der Waals surface area contributed by atoms with E-state index < -0.39 is 36.3 Å². The highest BCUT2D eigenvalue weighted by Gasteiger charge is 2.63. The average Bonchev–Trinajstić information content (AvgIpc) is 2.84. The second kappa shape index (κ2) is 4.91. The molecule has 1 aliphatic rings. The van der Waals surface area contributed by atoms with Crippen molar-refractivity contribution in [3.8, 4) is 6.07 Å². The van der Waals surface area contributed by atoms with E-state index in [0.29, 0.717) is 0 Å². The summed E-state index contributed by atoms with van der Waals surface area (Å²) in [4.78, 5) is 12.2. The van der Waals surface area contributed by atoms with Crippen LogP contribution in [0.3, 0.4) is 0 Å². The molecule has 1 aromatic carbocycles. The number of benzene rings is 1. The van der Waals surface area contributed by atoms with Gasteiger partial charge >= 0.3 is 12.1 Å². The van der Waals surface area contributed by atoms with Gasteiger partial charge in [-0.2, -0.15) is 18.4 Å². The fraction of sp³-hybridized carbons (Fsp3) is 0.385. The van der Waals surface area contributed by atoms with E-state index in [1.165, 1.54) is 6.07 Å². The lowest BCUT2D eigenvalue weighted by atomic mass is 9.86. The summed E-state index contributed by atoms with van der Waals surface area (Å²) in [7, 11) is 0. The number of hydrogen-bond donors (Lipinski definition) is 1. The fourth-order valence-electron chi connectivity index (χ4n) is 2.42. The predicted octanol–water partition coefficient (Wildman–Crippen LogP) is 2.54. The van der Waals surface area contributed by atoms with E-state index >= 15 is 0 Å². The van der Waals surface area contributed by atoms with Crippen molar-refractivity contribution in [1.82, 2.24) is 0 Å². The molecular formula is C13H10F4N2O2. The van der Waals surface area contributed by atoms with Crippen LogP contribution in [0.4, 0.5) is 23.2 Å². The third-order valence-electron chi connectivity index (χ3n) is 3.64. The minimum absolute atomic E-state index is 0.103. The Morgan fingerprint density at radius 1 is 1.43 bits per heavy atom. The first-order valence-electron chi connectivity index (χ1n) is 5.96. The zero-order chi connectivity index (χ0) is 15.8. The zero-order valence-electron chi connectivity index (χ0n) is 10.6. The Kier molecular flexibility index (Phi) is 3.53. The normalized spacial score (nSPS) is 22.1. The Balaban J connectivity index is 2.39. The van der Waals surface area contributed by atoms with Crippen molar-refractivity contribution in [2.75, 3.05) is 18.0 Å². The summed E-state index contributed by atoms with van der Waals surface area (Å²) >= 11 is 0. The smallest absolute Gasteiger partial charge is 0.406 e. The Morgan fingerprint density at radius 3 is 2.57 bits per heavy atom. The number of aliphatic carboxylic acids is 1. The van der Waals surface area contributed by atoms with Gasteiger partial charge in [0.1, 0.15) is 11.9 Å². The van der Waals surface area contributed by atoms with Crippen LogP contribution in [-0.2, 0) is 4.79 Å². The van der Waals surface area contributed by atoms with Gasteiger partial charge in [0.05, 0.1) is 11.3 Å². The number of alkyl halides is 3. The number of carboxylic acids is 1. The molecule has 1 unspecified atom stereocenters. The highest BCUT2D eigenvalue weighted by molar-refractivity contribution is 5.78. The summed E-state index contributed by atoms with van der Waals surface area (Å²) in [6.45, 7) is -0.974. The van der Waals surface area contributed by atoms with Crippen LogP contribution < -0.4 is 4.90 Å². The number of carbonyl (C=O) groups is 1. The Labute approximate surface area is 117 Å². The number of anilines is 1. The number of nitriles is 1. The quantitative estimate of drug-likeness (QED) is 0.853. The molecule has 0 aliphatic carbocycles. The third-order valence-corrected chi connectivity index (χ3v) is 3.64. The standard InChI is InChI=1S/C13H10F4N2O2/c14-9-1-2-10(8(5-9)6-18)19-4-3-12(7-19,11(20)21)13(15,16)17/h1-2,5H,3-4,7H2,(H,20,21). The average molecular weight is 302 g/mol. The summed E-state index contributed by atoms with van der Waals surface area (Å²) in [6.07, 6.45) is -5.52. The van der Waals surface area contributed by atoms with Gasteiger partial charge in [0, 0.05) is 13.1 Å². The largest absolute Gasteiger partial charge is 0.481 e. The van der Waals surface area contributed by atoms with Crippen LogP contribution in [0.15, 0.2) is 18.2 Å². The van der Waals surface area contributed by atoms with E-state index in [2.05, 4.69) is 0 Å². The van der Waals surface area contributed by atoms with Crippen molar-refractivity contribution in [2.24, 2.45) is 5.41 Å². The van der Waals surface area contributed by atoms with E-state index in [4.69, 9.17) is 10.4 Å². The fourth-order valence-corrected chi connectivity index (χ4v) is 2.42. The van der Waals surface area contributed by atoms with Crippen LogP contribution >= 0.6 is 0 Å². The molecule has 8 heteroatoms. The molecule has 1 heterocycles. The molecule has 21 heavy (non-hydrogen) atoms. The maximum atomic E-state index is 13.1. The first kappa shape index (κ1) is 15.1. The van der Waals surface area contributed by atoms with Gasteiger partial charge in [0.15, 0.2) is 5.41 Å². The van der Waals surface area contributed by atoms with E-state index in [0.717, 1.165) is 17.0 Å². The minimum Gasteiger partial charge on any atom is -0.481 e. The van der Waals surface area contributed by atoms with Crippen LogP contribution in [0.25, 0.3) is 0 Å². The first-order valence-corrected chi connectivity index (χ1v) is 5.96. The molecule has 112 valence electrons. The lowest BCUT2D eigenvalue weighted by Gasteiger charge is -2.28. The van der Waals surface area contributed by atoms with Gasteiger partial charge in [0.2, 0.25) is 0 Å². The predicted molar refractivity (Wildman–Crippen MR) is 64.1 cm³/mol. The highest BCUT2D eigenvalue weighted by atomic mass is 19.4. The maximum absolute atomic E-state index is 13.1. The number of hydrogen-bond acceptors (Lipinski definition) is 3. The van der Waals surface area contributed by atoms with Crippen molar-refractivity contribution in [3.63, 3.8) is 0 Å². The van der Waals surface area contributed by atoms with E-state index in [1.54, 1.807) is 6.07 Å². The molecule has 0 amide bonds. The van der Waals surface area contributed by atoms with Crippen molar-refractivity contribution in [3.05, 3.63) is 29.6 Å². The van der Waals surface area contributed by atoms with Gasteiger partial charge in [0.25, 0.3) is 0 Å². The monoisotopic (exact) mass is 302 g/mol. The Hall–Kier alpha value is -2.30. The minimum atomic E-state index is -4.90. The van der Waals surface area contributed by atoms with Crippen LogP contribution in [0.2, 0.25) is 0 Å². The Morgan fingerprint density at radius 2 is 2.10 bits per heavy atom. The summed E-state index contributed by atoms with van der Waals surface area (Å²) in [5.74, 6) is -2.63. The summed E-state index contributed by atoms with van der Waals surface area (Å²) < 4.78 is 52.3. The second-order valence-electron chi connectivity index (χ2n) is 4.83. The number of halogens is 4. The zero-order valence-corrected chi connectivity index (χ0v) is 10.6. The van der Waals surface area contributed by atoms with Gasteiger partial charge in [-0.05, 0) is 24.6 Å². The molecule has 0 radical (unpaired) electrons. The summed E-state index contributed by atoms with van der Waals surface area (Å²) in [5, 5.41) is 17.9. The summed E-state index contributed by atoms with van der Waals surface area (Å²) in [5.41, 5.74) is -2.89. The molecule has 0 aromatic heterocycles. The first-order chi connectivity index (χ1) is 9.71. The molecule has 1 aliphatic heterocycles. The number of nitrogens with zero attached hydrogens (tertiary/aromatic N) is 2. The molecule has 0 saturated carbocycles. The van der Waals surface area contributed by atoms with Crippen molar-refractivity contribution in [2.45, 2.75) is 12.6 Å². The van der Waals surface area contributed by atoms with Crippen LogP contribution in [0.5, 0.6) is 0 Å². The molecule has 1 N–H and O–H groups in total. The molecule has 1 saturated heterocycles. The van der Waals surface area contributed by atoms with Gasteiger partial charge in [-0.3, -0.25) is 4.79 Å². The lowest BCUT2D eigenvalue weighted by molar-refractivity contribution is -0.225. The van der Waals surface area contributed by atoms with E-state index in [-0.39, 0.29) is 17.8 Å².